The molecule has 2 aromatic carbocycles. The molecule has 0 saturated heterocycles. The molecule has 0 fully saturated rings. The van der Waals surface area contributed by atoms with Crippen LogP contribution in [-0.4, -0.2) is 11.7 Å². The molecule has 1 N–H and O–H groups in total. The fourth-order valence-corrected chi connectivity index (χ4v) is 3.08. The van der Waals surface area contributed by atoms with Crippen molar-refractivity contribution >= 4 is 35.0 Å². The van der Waals surface area contributed by atoms with Crippen LogP contribution in [0, 0.1) is 17.1 Å². The average Bonchev–Trinajstić information content (AvgIpc) is 2.52. The normalized spacial score (nSPS) is 10.1. The highest BCUT2D eigenvalue weighted by molar-refractivity contribution is 7.99. The number of hydrogen-bond acceptors (Lipinski definition) is 3. The Morgan fingerprint density at radius 3 is 2.65 bits per heavy atom. The third-order valence-corrected chi connectivity index (χ3v) is 4.38. The van der Waals surface area contributed by atoms with Crippen LogP contribution < -0.4 is 5.32 Å². The lowest BCUT2D eigenvalue weighted by molar-refractivity contribution is -0.113. The highest BCUT2D eigenvalue weighted by atomic mass is 35.5. The van der Waals surface area contributed by atoms with Crippen molar-refractivity contribution in [3.63, 3.8) is 0 Å². The number of hydrogen-bond donors (Lipinski definition) is 1. The van der Waals surface area contributed by atoms with Crippen molar-refractivity contribution in [3.05, 3.63) is 64.4 Å². The molecule has 2 rings (SSSR count). The van der Waals surface area contributed by atoms with E-state index in [0.29, 0.717) is 28.4 Å². The number of rotatable bonds is 6. The quantitative estimate of drug-likeness (QED) is 0.840. The Hall–Kier alpha value is -2.03. The first-order valence-electron chi connectivity index (χ1n) is 6.86. The van der Waals surface area contributed by atoms with Crippen LogP contribution in [0.2, 0.25) is 5.02 Å². The molecule has 0 aliphatic heterocycles. The van der Waals surface area contributed by atoms with E-state index >= 15 is 0 Å². The first-order chi connectivity index (χ1) is 11.1. The monoisotopic (exact) mass is 348 g/mol. The molecule has 0 saturated carbocycles. The van der Waals surface area contributed by atoms with Crippen molar-refractivity contribution < 1.29 is 9.18 Å². The van der Waals surface area contributed by atoms with Crippen LogP contribution in [0.1, 0.15) is 11.1 Å². The molecular formula is C17H14ClFN2OS. The lowest BCUT2D eigenvalue weighted by atomic mass is 10.1. The Kier molecular flexibility index (Phi) is 6.45. The summed E-state index contributed by atoms with van der Waals surface area (Å²) in [6, 6.07) is 13.7. The maximum Gasteiger partial charge on any atom is 0.234 e. The molecule has 0 radical (unpaired) electrons. The van der Waals surface area contributed by atoms with Crippen LogP contribution in [0.25, 0.3) is 0 Å². The SMILES string of the molecule is N#CCc1ccc(NC(=O)CSCc2c(F)cccc2Cl)cc1. The lowest BCUT2D eigenvalue weighted by Gasteiger charge is -2.07. The van der Waals surface area contributed by atoms with Crippen LogP contribution in [0.3, 0.4) is 0 Å². The summed E-state index contributed by atoms with van der Waals surface area (Å²) in [5, 5.41) is 11.7. The minimum Gasteiger partial charge on any atom is -0.325 e. The van der Waals surface area contributed by atoms with Crippen molar-refractivity contribution in [2.24, 2.45) is 0 Å². The molecule has 6 heteroatoms. The van der Waals surface area contributed by atoms with E-state index in [9.17, 15) is 9.18 Å². The topological polar surface area (TPSA) is 52.9 Å². The van der Waals surface area contributed by atoms with Crippen molar-refractivity contribution in [2.45, 2.75) is 12.2 Å². The summed E-state index contributed by atoms with van der Waals surface area (Å²) in [6.07, 6.45) is 0.341. The number of carbonyl (C=O) groups excluding carboxylic acids is 1. The summed E-state index contributed by atoms with van der Waals surface area (Å²) in [6.45, 7) is 0. The highest BCUT2D eigenvalue weighted by Crippen LogP contribution is 2.24. The Balaban J connectivity index is 1.82. The summed E-state index contributed by atoms with van der Waals surface area (Å²) in [7, 11) is 0. The predicted molar refractivity (Wildman–Crippen MR) is 92.0 cm³/mol. The van der Waals surface area contributed by atoms with Gasteiger partial charge < -0.3 is 5.32 Å². The molecule has 1 amide bonds. The van der Waals surface area contributed by atoms with Crippen molar-refractivity contribution in [2.75, 3.05) is 11.1 Å². The second kappa shape index (κ2) is 8.56. The zero-order valence-electron chi connectivity index (χ0n) is 12.2. The molecule has 3 nitrogen and oxygen atoms in total. The molecule has 118 valence electrons. The molecule has 0 bridgehead atoms. The zero-order valence-corrected chi connectivity index (χ0v) is 13.8. The van der Waals surface area contributed by atoms with E-state index in [1.165, 1.54) is 17.8 Å². The second-order valence-corrected chi connectivity index (χ2v) is 6.17. The summed E-state index contributed by atoms with van der Waals surface area (Å²) >= 11 is 7.23. The minimum atomic E-state index is -0.363. The predicted octanol–water partition coefficient (Wildman–Crippen LogP) is 4.42. The standard InChI is InChI=1S/C17H14ClFN2OS/c18-15-2-1-3-16(19)14(15)10-23-11-17(22)21-13-6-4-12(5-7-13)8-9-20/h1-7H,8,10-11H2,(H,21,22). The fourth-order valence-electron chi connectivity index (χ4n) is 1.91. The molecule has 0 heterocycles. The van der Waals surface area contributed by atoms with Crippen LogP contribution in [0.5, 0.6) is 0 Å². The van der Waals surface area contributed by atoms with Crippen molar-refractivity contribution in [1.82, 2.24) is 0 Å². The molecule has 0 unspecified atom stereocenters. The van der Waals surface area contributed by atoms with E-state index in [-0.39, 0.29) is 17.5 Å². The highest BCUT2D eigenvalue weighted by Gasteiger charge is 2.09. The van der Waals surface area contributed by atoms with Crippen LogP contribution >= 0.6 is 23.4 Å². The Labute approximate surface area is 143 Å². The maximum absolute atomic E-state index is 13.6. The molecule has 0 spiro atoms. The van der Waals surface area contributed by atoms with Gasteiger partial charge in [0, 0.05) is 22.0 Å². The molecule has 0 aliphatic rings. The number of carbonyl (C=O) groups is 1. The zero-order chi connectivity index (χ0) is 16.7. The summed E-state index contributed by atoms with van der Waals surface area (Å²) in [5.74, 6) is -0.000963. The van der Waals surface area contributed by atoms with Gasteiger partial charge in [-0.25, -0.2) is 4.39 Å². The summed E-state index contributed by atoms with van der Waals surface area (Å²) in [5.41, 5.74) is 1.98. The van der Waals surface area contributed by atoms with Gasteiger partial charge in [-0.05, 0) is 29.8 Å². The van der Waals surface area contributed by atoms with E-state index in [1.807, 2.05) is 0 Å². The molecule has 23 heavy (non-hydrogen) atoms. The van der Waals surface area contributed by atoms with Gasteiger partial charge in [-0.2, -0.15) is 5.26 Å². The van der Waals surface area contributed by atoms with Gasteiger partial charge in [-0.15, -0.1) is 11.8 Å². The van der Waals surface area contributed by atoms with E-state index in [4.69, 9.17) is 16.9 Å². The van der Waals surface area contributed by atoms with Crippen molar-refractivity contribution in [3.8, 4) is 6.07 Å². The third kappa shape index (κ3) is 5.27. The van der Waals surface area contributed by atoms with Gasteiger partial charge in [-0.1, -0.05) is 29.8 Å². The number of thioether (sulfide) groups is 1. The minimum absolute atomic E-state index is 0.171. The Morgan fingerprint density at radius 2 is 2.00 bits per heavy atom. The van der Waals surface area contributed by atoms with Gasteiger partial charge >= 0.3 is 0 Å². The number of benzene rings is 2. The van der Waals surface area contributed by atoms with Gasteiger partial charge in [-0.3, -0.25) is 4.79 Å². The van der Waals surface area contributed by atoms with Crippen LogP contribution in [-0.2, 0) is 17.0 Å². The van der Waals surface area contributed by atoms with Crippen molar-refractivity contribution in [1.29, 1.82) is 5.26 Å². The average molecular weight is 349 g/mol. The van der Waals surface area contributed by atoms with E-state index in [2.05, 4.69) is 11.4 Å². The van der Waals surface area contributed by atoms with Crippen LogP contribution in [0.4, 0.5) is 10.1 Å². The summed E-state index contributed by atoms with van der Waals surface area (Å²) in [4.78, 5) is 11.9. The number of anilines is 1. The largest absolute Gasteiger partial charge is 0.325 e. The summed E-state index contributed by atoms with van der Waals surface area (Å²) < 4.78 is 13.6. The molecule has 0 atom stereocenters. The van der Waals surface area contributed by atoms with Gasteiger partial charge in [0.05, 0.1) is 18.2 Å². The van der Waals surface area contributed by atoms with Gasteiger partial charge in [0.1, 0.15) is 5.82 Å². The van der Waals surface area contributed by atoms with E-state index in [1.54, 1.807) is 36.4 Å². The van der Waals surface area contributed by atoms with Gasteiger partial charge in [0.25, 0.3) is 0 Å². The van der Waals surface area contributed by atoms with Gasteiger partial charge in [0.15, 0.2) is 0 Å². The Bertz CT molecular complexity index is 708. The Morgan fingerprint density at radius 1 is 1.26 bits per heavy atom. The molecule has 0 aliphatic carbocycles. The van der Waals surface area contributed by atoms with E-state index < -0.39 is 0 Å². The van der Waals surface area contributed by atoms with Crippen LogP contribution in [0.15, 0.2) is 42.5 Å². The van der Waals surface area contributed by atoms with Gasteiger partial charge in [0.2, 0.25) is 5.91 Å². The van der Waals surface area contributed by atoms with E-state index in [0.717, 1.165) is 5.56 Å². The molecular weight excluding hydrogens is 335 g/mol. The molecule has 0 aromatic heterocycles. The third-order valence-electron chi connectivity index (χ3n) is 3.06. The smallest absolute Gasteiger partial charge is 0.234 e. The lowest BCUT2D eigenvalue weighted by Crippen LogP contribution is -2.14. The molecule has 2 aromatic rings. The number of nitriles is 1. The maximum atomic E-state index is 13.6. The number of halogens is 2. The fraction of sp³-hybridized carbons (Fsp3) is 0.176. The number of amides is 1. The first kappa shape index (κ1) is 17.3. The second-order valence-electron chi connectivity index (χ2n) is 4.77. The number of nitrogens with zero attached hydrogens (tertiary/aromatic N) is 1. The first-order valence-corrected chi connectivity index (χ1v) is 8.40. The number of nitrogens with one attached hydrogen (secondary N) is 1.